The molecular formula is C20H25F2N3O3. The Morgan fingerprint density at radius 2 is 2.11 bits per heavy atom. The number of aromatic nitrogens is 2. The molecule has 1 N–H and O–H groups in total. The third-order valence-electron chi connectivity index (χ3n) is 4.06. The molecule has 28 heavy (non-hydrogen) atoms. The van der Waals surface area contributed by atoms with Gasteiger partial charge in [-0.15, -0.1) is 0 Å². The van der Waals surface area contributed by atoms with Crippen molar-refractivity contribution in [1.29, 1.82) is 0 Å². The molecule has 0 saturated carbocycles. The van der Waals surface area contributed by atoms with Crippen molar-refractivity contribution in [2.24, 2.45) is 5.92 Å². The van der Waals surface area contributed by atoms with E-state index in [2.05, 4.69) is 15.2 Å². The average molecular weight is 393 g/mol. The monoisotopic (exact) mass is 393 g/mol. The molecule has 0 aliphatic carbocycles. The molecule has 152 valence electrons. The van der Waals surface area contributed by atoms with E-state index in [1.54, 1.807) is 12.1 Å². The van der Waals surface area contributed by atoms with Crippen molar-refractivity contribution in [3.05, 3.63) is 47.3 Å². The molecule has 8 heteroatoms. The third kappa shape index (κ3) is 6.07. The summed E-state index contributed by atoms with van der Waals surface area (Å²) in [5.74, 6) is -0.0979. The summed E-state index contributed by atoms with van der Waals surface area (Å²) in [4.78, 5) is 12.1. The summed E-state index contributed by atoms with van der Waals surface area (Å²) in [5.41, 5.74) is 2.35. The molecule has 1 aromatic carbocycles. The molecule has 2 rings (SSSR count). The van der Waals surface area contributed by atoms with E-state index in [9.17, 15) is 13.6 Å². The van der Waals surface area contributed by atoms with Crippen molar-refractivity contribution >= 4 is 12.0 Å². The number of alkyl halides is 2. The molecule has 0 radical (unpaired) electrons. The van der Waals surface area contributed by atoms with E-state index < -0.39 is 6.61 Å². The van der Waals surface area contributed by atoms with Gasteiger partial charge in [0.2, 0.25) is 5.91 Å². The maximum atomic E-state index is 12.6. The second-order valence-electron chi connectivity index (χ2n) is 6.55. The zero-order chi connectivity index (χ0) is 20.7. The van der Waals surface area contributed by atoms with E-state index in [4.69, 9.17) is 4.74 Å². The van der Waals surface area contributed by atoms with Gasteiger partial charge in [-0.1, -0.05) is 19.1 Å². The summed E-state index contributed by atoms with van der Waals surface area (Å²) in [6.07, 6.45) is 2.70. The molecule has 0 spiro atoms. The van der Waals surface area contributed by atoms with Gasteiger partial charge in [-0.3, -0.25) is 9.48 Å². The molecule has 6 nitrogen and oxygen atoms in total. The van der Waals surface area contributed by atoms with Gasteiger partial charge >= 0.3 is 6.61 Å². The predicted octanol–water partition coefficient (Wildman–Crippen LogP) is 3.58. The van der Waals surface area contributed by atoms with Gasteiger partial charge in [-0.2, -0.15) is 13.9 Å². The van der Waals surface area contributed by atoms with Crippen LogP contribution >= 0.6 is 0 Å². The van der Waals surface area contributed by atoms with Crippen molar-refractivity contribution in [3.8, 4) is 11.5 Å². The van der Waals surface area contributed by atoms with Crippen LogP contribution in [-0.2, 0) is 11.3 Å². The number of nitrogens with zero attached hydrogens (tertiary/aromatic N) is 2. The maximum absolute atomic E-state index is 12.6. The molecule has 1 amide bonds. The zero-order valence-corrected chi connectivity index (χ0v) is 16.4. The van der Waals surface area contributed by atoms with E-state index in [0.29, 0.717) is 18.7 Å². The van der Waals surface area contributed by atoms with Gasteiger partial charge < -0.3 is 14.8 Å². The first kappa shape index (κ1) is 21.4. The van der Waals surface area contributed by atoms with E-state index in [-0.39, 0.29) is 23.3 Å². The van der Waals surface area contributed by atoms with E-state index in [1.807, 2.05) is 31.5 Å². The van der Waals surface area contributed by atoms with Crippen LogP contribution < -0.4 is 14.8 Å². The minimum atomic E-state index is -2.99. The van der Waals surface area contributed by atoms with Gasteiger partial charge in [0, 0.05) is 30.4 Å². The van der Waals surface area contributed by atoms with Crippen LogP contribution in [0.5, 0.6) is 11.5 Å². The molecular weight excluding hydrogens is 368 g/mol. The fourth-order valence-electron chi connectivity index (χ4n) is 2.76. The number of halogens is 2. The first-order valence-corrected chi connectivity index (χ1v) is 8.89. The Kier molecular flexibility index (Phi) is 7.54. The van der Waals surface area contributed by atoms with Crippen LogP contribution in [0.1, 0.15) is 23.9 Å². The first-order valence-electron chi connectivity index (χ1n) is 8.89. The van der Waals surface area contributed by atoms with Crippen molar-refractivity contribution in [3.63, 3.8) is 0 Å². The summed E-state index contributed by atoms with van der Waals surface area (Å²) >= 11 is 0. The highest BCUT2D eigenvalue weighted by molar-refractivity contribution is 5.92. The minimum Gasteiger partial charge on any atom is -0.493 e. The van der Waals surface area contributed by atoms with Gasteiger partial charge in [0.05, 0.1) is 12.8 Å². The largest absolute Gasteiger partial charge is 0.493 e. The molecule has 1 heterocycles. The van der Waals surface area contributed by atoms with Crippen LogP contribution in [0.4, 0.5) is 8.78 Å². The summed E-state index contributed by atoms with van der Waals surface area (Å²) in [5, 5.41) is 7.21. The van der Waals surface area contributed by atoms with E-state index in [0.717, 1.165) is 11.4 Å². The Hall–Kier alpha value is -2.90. The lowest BCUT2D eigenvalue weighted by Gasteiger charge is -2.13. The Bertz CT molecular complexity index is 834. The second-order valence-corrected chi connectivity index (χ2v) is 6.55. The molecule has 0 saturated heterocycles. The quantitative estimate of drug-likeness (QED) is 0.662. The second kappa shape index (κ2) is 9.87. The summed E-state index contributed by atoms with van der Waals surface area (Å²) < 4.78 is 36.8. The number of hydrogen-bond acceptors (Lipinski definition) is 4. The molecule has 0 aliphatic heterocycles. The molecule has 2 aromatic rings. The Labute approximate surface area is 163 Å². The molecule has 0 bridgehead atoms. The van der Waals surface area contributed by atoms with Gasteiger partial charge in [-0.25, -0.2) is 0 Å². The summed E-state index contributed by atoms with van der Waals surface area (Å²) in [6.45, 7) is 4.09. The standard InChI is InChI=1S/C20H25F2N3O3/c1-13(12-25-15(3)10-14(2)24-25)11-23-18(26)9-8-16-6-5-7-17(27-4)19(16)28-20(21)22/h5-10,13,20H,11-12H2,1-4H3,(H,23,26). The first-order chi connectivity index (χ1) is 13.3. The van der Waals surface area contributed by atoms with Crippen molar-refractivity contribution in [1.82, 2.24) is 15.1 Å². The number of rotatable bonds is 9. The number of aryl methyl sites for hydroxylation is 2. The molecule has 1 unspecified atom stereocenters. The lowest BCUT2D eigenvalue weighted by atomic mass is 10.1. The fraction of sp³-hybridized carbons (Fsp3) is 0.400. The fourth-order valence-corrected chi connectivity index (χ4v) is 2.76. The lowest BCUT2D eigenvalue weighted by molar-refractivity contribution is -0.116. The molecule has 1 aromatic heterocycles. The molecule has 0 fully saturated rings. The highest BCUT2D eigenvalue weighted by atomic mass is 19.3. The van der Waals surface area contributed by atoms with Crippen molar-refractivity contribution in [2.45, 2.75) is 33.9 Å². The number of carbonyl (C=O) groups is 1. The number of benzene rings is 1. The van der Waals surface area contributed by atoms with Gasteiger partial charge in [0.25, 0.3) is 0 Å². The summed E-state index contributed by atoms with van der Waals surface area (Å²) in [7, 11) is 1.36. The number of ether oxygens (including phenoxy) is 2. The van der Waals surface area contributed by atoms with Crippen LogP contribution in [0.25, 0.3) is 6.08 Å². The highest BCUT2D eigenvalue weighted by Crippen LogP contribution is 2.33. The topological polar surface area (TPSA) is 65.4 Å². The summed E-state index contributed by atoms with van der Waals surface area (Å²) in [6, 6.07) is 6.71. The van der Waals surface area contributed by atoms with Crippen LogP contribution in [0.2, 0.25) is 0 Å². The number of hydrogen-bond donors (Lipinski definition) is 1. The maximum Gasteiger partial charge on any atom is 0.387 e. The van der Waals surface area contributed by atoms with E-state index in [1.165, 1.54) is 25.3 Å². The number of amides is 1. The smallest absolute Gasteiger partial charge is 0.387 e. The zero-order valence-electron chi connectivity index (χ0n) is 16.4. The van der Waals surface area contributed by atoms with Gasteiger partial charge in [0.15, 0.2) is 11.5 Å². The van der Waals surface area contributed by atoms with Crippen LogP contribution in [0.15, 0.2) is 30.3 Å². The highest BCUT2D eigenvalue weighted by Gasteiger charge is 2.14. The van der Waals surface area contributed by atoms with E-state index >= 15 is 0 Å². The average Bonchev–Trinajstić information content (AvgIpc) is 2.95. The van der Waals surface area contributed by atoms with Crippen molar-refractivity contribution < 1.29 is 23.0 Å². The SMILES string of the molecule is COc1cccc(C=CC(=O)NCC(C)Cn2nc(C)cc2C)c1OC(F)F. The number of carbonyl (C=O) groups excluding carboxylic acids is 1. The van der Waals surface area contributed by atoms with Gasteiger partial charge in [0.1, 0.15) is 0 Å². The molecule has 0 aliphatic rings. The third-order valence-corrected chi connectivity index (χ3v) is 4.06. The van der Waals surface area contributed by atoms with Crippen LogP contribution in [0.3, 0.4) is 0 Å². The van der Waals surface area contributed by atoms with Gasteiger partial charge in [-0.05, 0) is 38.0 Å². The lowest BCUT2D eigenvalue weighted by Crippen LogP contribution is -2.29. The van der Waals surface area contributed by atoms with Crippen LogP contribution in [0, 0.1) is 19.8 Å². The molecule has 1 atom stereocenters. The Balaban J connectivity index is 1.95. The number of methoxy groups -OCH3 is 1. The normalized spacial score (nSPS) is 12.4. The minimum absolute atomic E-state index is 0.109. The van der Waals surface area contributed by atoms with Crippen molar-refractivity contribution in [2.75, 3.05) is 13.7 Å². The Morgan fingerprint density at radius 3 is 2.71 bits per heavy atom. The number of para-hydroxylation sites is 1. The predicted molar refractivity (Wildman–Crippen MR) is 103 cm³/mol. The number of nitrogens with one attached hydrogen (secondary N) is 1. The van der Waals surface area contributed by atoms with Crippen LogP contribution in [-0.4, -0.2) is 36.0 Å². The Morgan fingerprint density at radius 1 is 1.36 bits per heavy atom.